The Morgan fingerprint density at radius 3 is 2.70 bits per heavy atom. The van der Waals surface area contributed by atoms with Crippen molar-refractivity contribution in [3.63, 3.8) is 0 Å². The van der Waals surface area contributed by atoms with Crippen LogP contribution in [0.3, 0.4) is 0 Å². The lowest BCUT2D eigenvalue weighted by Crippen LogP contribution is -2.59. The SMILES string of the molecule is C=CC[C@@H]1O[C@@H](Oc2ccc(CCNC(C)=O)c(-c3cccc(F)c3)c2)[C@H](O)[C@H](O)[C@H]1OC. The van der Waals surface area contributed by atoms with Gasteiger partial charge in [0.2, 0.25) is 12.2 Å². The molecule has 1 saturated heterocycles. The van der Waals surface area contributed by atoms with E-state index >= 15 is 0 Å². The molecule has 1 fully saturated rings. The Balaban J connectivity index is 1.87. The van der Waals surface area contributed by atoms with Gasteiger partial charge in [0.15, 0.2) is 0 Å². The highest BCUT2D eigenvalue weighted by atomic mass is 19.1. The lowest BCUT2D eigenvalue weighted by Gasteiger charge is -2.41. The molecule has 2 aromatic carbocycles. The van der Waals surface area contributed by atoms with E-state index in [1.165, 1.54) is 26.2 Å². The molecule has 1 aliphatic heterocycles. The lowest BCUT2D eigenvalue weighted by molar-refractivity contribution is -0.275. The molecule has 2 aromatic rings. The van der Waals surface area contributed by atoms with Gasteiger partial charge >= 0.3 is 0 Å². The largest absolute Gasteiger partial charge is 0.462 e. The van der Waals surface area contributed by atoms with Crippen LogP contribution in [0.2, 0.25) is 0 Å². The maximum atomic E-state index is 13.9. The quantitative estimate of drug-likeness (QED) is 0.499. The minimum absolute atomic E-state index is 0.132. The first-order valence-electron chi connectivity index (χ1n) is 10.8. The van der Waals surface area contributed by atoms with E-state index in [1.807, 2.05) is 6.07 Å². The Bertz CT molecular complexity index is 968. The monoisotopic (exact) mass is 459 g/mol. The van der Waals surface area contributed by atoms with Crippen molar-refractivity contribution >= 4 is 5.91 Å². The van der Waals surface area contributed by atoms with Gasteiger partial charge in [-0.3, -0.25) is 4.79 Å². The Morgan fingerprint density at radius 2 is 2.03 bits per heavy atom. The first-order valence-corrected chi connectivity index (χ1v) is 10.8. The fourth-order valence-corrected chi connectivity index (χ4v) is 3.93. The average molecular weight is 460 g/mol. The molecule has 0 saturated carbocycles. The van der Waals surface area contributed by atoms with Gasteiger partial charge < -0.3 is 29.7 Å². The third-order valence-corrected chi connectivity index (χ3v) is 5.55. The van der Waals surface area contributed by atoms with Crippen LogP contribution in [0.1, 0.15) is 18.9 Å². The minimum Gasteiger partial charge on any atom is -0.462 e. The Hall–Kier alpha value is -2.78. The number of aliphatic hydroxyl groups is 2. The van der Waals surface area contributed by atoms with Gasteiger partial charge in [0.1, 0.15) is 29.9 Å². The number of ether oxygens (including phenoxy) is 3. The van der Waals surface area contributed by atoms with Gasteiger partial charge in [-0.15, -0.1) is 6.58 Å². The van der Waals surface area contributed by atoms with Gasteiger partial charge in [-0.1, -0.05) is 24.3 Å². The minimum atomic E-state index is -1.34. The number of rotatable bonds is 9. The fraction of sp³-hybridized carbons (Fsp3) is 0.400. The fourth-order valence-electron chi connectivity index (χ4n) is 3.93. The number of carbonyl (C=O) groups excluding carboxylic acids is 1. The van der Waals surface area contributed by atoms with E-state index in [1.54, 1.807) is 30.3 Å². The zero-order valence-corrected chi connectivity index (χ0v) is 18.7. The maximum absolute atomic E-state index is 13.9. The number of carbonyl (C=O) groups is 1. The van der Waals surface area contributed by atoms with E-state index in [4.69, 9.17) is 14.2 Å². The average Bonchev–Trinajstić information content (AvgIpc) is 2.78. The van der Waals surface area contributed by atoms with Gasteiger partial charge in [-0.25, -0.2) is 4.39 Å². The van der Waals surface area contributed by atoms with Crippen LogP contribution in [-0.2, 0) is 20.7 Å². The topological polar surface area (TPSA) is 97.3 Å². The highest BCUT2D eigenvalue weighted by Crippen LogP contribution is 2.32. The summed E-state index contributed by atoms with van der Waals surface area (Å²) in [5.41, 5.74) is 2.25. The van der Waals surface area contributed by atoms with Crippen molar-refractivity contribution in [2.24, 2.45) is 0 Å². The van der Waals surface area contributed by atoms with E-state index in [-0.39, 0.29) is 11.7 Å². The molecule has 178 valence electrons. The highest BCUT2D eigenvalue weighted by Gasteiger charge is 2.45. The number of benzene rings is 2. The molecule has 0 unspecified atom stereocenters. The summed E-state index contributed by atoms with van der Waals surface area (Å²) in [5.74, 6) is -0.131. The van der Waals surface area contributed by atoms with Crippen molar-refractivity contribution in [1.29, 1.82) is 0 Å². The van der Waals surface area contributed by atoms with Crippen molar-refractivity contribution in [2.75, 3.05) is 13.7 Å². The Labute approximate surface area is 192 Å². The molecule has 5 atom stereocenters. The van der Waals surface area contributed by atoms with Gasteiger partial charge in [0.25, 0.3) is 0 Å². The number of halogens is 1. The molecule has 8 heteroatoms. The van der Waals surface area contributed by atoms with Crippen LogP contribution in [0.4, 0.5) is 4.39 Å². The number of amides is 1. The van der Waals surface area contributed by atoms with Crippen LogP contribution >= 0.6 is 0 Å². The Morgan fingerprint density at radius 1 is 1.24 bits per heavy atom. The standard InChI is InChI=1S/C25H30FNO6/c1-4-6-21-24(31-3)22(29)23(30)25(33-21)32-19-10-9-16(11-12-27-15(2)28)20(14-19)17-7-5-8-18(26)13-17/h4-5,7-10,13-14,21-25,29-30H,1,6,11-12H2,2-3H3,(H,27,28)/t21-,22-,23+,24-,25+/m0/s1. The van der Waals surface area contributed by atoms with Crippen molar-refractivity contribution in [1.82, 2.24) is 5.32 Å². The van der Waals surface area contributed by atoms with Crippen LogP contribution < -0.4 is 10.1 Å². The molecule has 1 heterocycles. The molecule has 0 radical (unpaired) electrons. The summed E-state index contributed by atoms with van der Waals surface area (Å²) in [6, 6.07) is 11.4. The Kier molecular flexibility index (Phi) is 8.57. The van der Waals surface area contributed by atoms with Crippen LogP contribution in [0.5, 0.6) is 5.75 Å². The van der Waals surface area contributed by atoms with Gasteiger partial charge in [0.05, 0.1) is 6.10 Å². The zero-order valence-electron chi connectivity index (χ0n) is 18.7. The van der Waals surface area contributed by atoms with E-state index in [0.717, 1.165) is 11.1 Å². The highest BCUT2D eigenvalue weighted by molar-refractivity contribution is 5.73. The molecule has 3 rings (SSSR count). The van der Waals surface area contributed by atoms with E-state index in [0.29, 0.717) is 30.7 Å². The third kappa shape index (κ3) is 6.17. The normalized spacial score (nSPS) is 24.8. The maximum Gasteiger partial charge on any atom is 0.229 e. The second kappa shape index (κ2) is 11.4. The predicted octanol–water partition coefficient (Wildman–Crippen LogP) is 2.59. The van der Waals surface area contributed by atoms with Gasteiger partial charge in [0, 0.05) is 20.6 Å². The molecular weight excluding hydrogens is 429 g/mol. The van der Waals surface area contributed by atoms with E-state index in [9.17, 15) is 19.4 Å². The molecular formula is C25H30FNO6. The summed E-state index contributed by atoms with van der Waals surface area (Å²) in [5, 5.41) is 23.8. The molecule has 1 aliphatic rings. The van der Waals surface area contributed by atoms with Crippen molar-refractivity contribution in [2.45, 2.75) is 50.5 Å². The second-order valence-electron chi connectivity index (χ2n) is 7.93. The number of methoxy groups -OCH3 is 1. The first kappa shape index (κ1) is 24.9. The van der Waals surface area contributed by atoms with E-state index < -0.39 is 30.7 Å². The van der Waals surface area contributed by atoms with Crippen molar-refractivity contribution in [3.8, 4) is 16.9 Å². The summed E-state index contributed by atoms with van der Waals surface area (Å²) >= 11 is 0. The summed E-state index contributed by atoms with van der Waals surface area (Å²) in [6.45, 7) is 5.57. The van der Waals surface area contributed by atoms with Gasteiger partial charge in [-0.2, -0.15) is 0 Å². The first-order chi connectivity index (χ1) is 15.8. The smallest absolute Gasteiger partial charge is 0.229 e. The number of aliphatic hydroxyl groups excluding tert-OH is 2. The number of hydrogen-bond acceptors (Lipinski definition) is 6. The molecule has 0 spiro atoms. The summed E-state index contributed by atoms with van der Waals surface area (Å²) in [7, 11) is 1.44. The molecule has 33 heavy (non-hydrogen) atoms. The molecule has 0 aliphatic carbocycles. The molecule has 3 N–H and O–H groups in total. The summed E-state index contributed by atoms with van der Waals surface area (Å²) < 4.78 is 31.0. The van der Waals surface area contributed by atoms with Crippen LogP contribution in [-0.4, -0.2) is 60.5 Å². The second-order valence-corrected chi connectivity index (χ2v) is 7.93. The van der Waals surface area contributed by atoms with Crippen LogP contribution in [0.15, 0.2) is 55.1 Å². The van der Waals surface area contributed by atoms with E-state index in [2.05, 4.69) is 11.9 Å². The summed E-state index contributed by atoms with van der Waals surface area (Å²) in [6.07, 6.45) is -2.38. The molecule has 0 aromatic heterocycles. The zero-order chi connectivity index (χ0) is 24.0. The molecule has 1 amide bonds. The predicted molar refractivity (Wildman–Crippen MR) is 121 cm³/mol. The number of nitrogens with one attached hydrogen (secondary N) is 1. The van der Waals surface area contributed by atoms with Gasteiger partial charge in [-0.05, 0) is 53.8 Å². The van der Waals surface area contributed by atoms with Crippen LogP contribution in [0, 0.1) is 5.82 Å². The van der Waals surface area contributed by atoms with Crippen molar-refractivity contribution < 1.29 is 33.6 Å². The number of hydrogen-bond donors (Lipinski definition) is 3. The summed E-state index contributed by atoms with van der Waals surface area (Å²) in [4.78, 5) is 11.2. The van der Waals surface area contributed by atoms with Crippen molar-refractivity contribution in [3.05, 3.63) is 66.5 Å². The lowest BCUT2D eigenvalue weighted by atomic mass is 9.96. The van der Waals surface area contributed by atoms with Crippen LogP contribution in [0.25, 0.3) is 11.1 Å². The third-order valence-electron chi connectivity index (χ3n) is 5.55. The molecule has 7 nitrogen and oxygen atoms in total. The molecule has 0 bridgehead atoms.